The van der Waals surface area contributed by atoms with Crippen LogP contribution in [0.15, 0.2) is 42.5 Å². The van der Waals surface area contributed by atoms with Gasteiger partial charge >= 0.3 is 0 Å². The van der Waals surface area contributed by atoms with E-state index >= 15 is 0 Å². The number of hydrogen-bond acceptors (Lipinski definition) is 3. The molecular weight excluding hydrogens is 212 g/mol. The van der Waals surface area contributed by atoms with E-state index in [2.05, 4.69) is 17.0 Å². The maximum Gasteiger partial charge on any atom is 0.173 e. The summed E-state index contributed by atoms with van der Waals surface area (Å²) in [5, 5.41) is 0. The lowest BCUT2D eigenvalue weighted by molar-refractivity contribution is -0.116. The topological polar surface area (TPSA) is 46.3 Å². The summed E-state index contributed by atoms with van der Waals surface area (Å²) in [5.74, 6) is -0.0209. The second-order valence-corrected chi connectivity index (χ2v) is 4.19. The van der Waals surface area contributed by atoms with E-state index in [-0.39, 0.29) is 5.78 Å². The molecule has 0 bridgehead atoms. The first-order chi connectivity index (χ1) is 8.13. The van der Waals surface area contributed by atoms with Crippen molar-refractivity contribution in [2.24, 2.45) is 5.73 Å². The van der Waals surface area contributed by atoms with Gasteiger partial charge in [0.05, 0.1) is 6.04 Å². The summed E-state index contributed by atoms with van der Waals surface area (Å²) in [5.41, 5.74) is 7.04. The summed E-state index contributed by atoms with van der Waals surface area (Å²) in [7, 11) is 1.97. The van der Waals surface area contributed by atoms with E-state index in [9.17, 15) is 4.79 Å². The first kappa shape index (κ1) is 13.6. The molecule has 92 valence electrons. The molecule has 1 aromatic carbocycles. The van der Waals surface area contributed by atoms with E-state index in [1.54, 1.807) is 6.08 Å². The molecule has 2 N–H and O–H groups in total. The maximum atomic E-state index is 11.5. The molecule has 0 saturated heterocycles. The van der Waals surface area contributed by atoms with Crippen LogP contribution in [-0.2, 0) is 11.3 Å². The monoisotopic (exact) mass is 232 g/mol. The molecular formula is C14H20N2O. The summed E-state index contributed by atoms with van der Waals surface area (Å²) < 4.78 is 0. The van der Waals surface area contributed by atoms with Gasteiger partial charge in [-0.1, -0.05) is 36.4 Å². The summed E-state index contributed by atoms with van der Waals surface area (Å²) in [6.07, 6.45) is 3.25. The van der Waals surface area contributed by atoms with Crippen LogP contribution in [-0.4, -0.2) is 30.3 Å². The predicted octanol–water partition coefficient (Wildman–Crippen LogP) is 1.59. The number of hydrogen-bond donors (Lipinski definition) is 1. The lowest BCUT2D eigenvalue weighted by Crippen LogP contribution is -2.40. The van der Waals surface area contributed by atoms with Crippen LogP contribution in [0.1, 0.15) is 12.5 Å². The molecule has 17 heavy (non-hydrogen) atoms. The number of benzene rings is 1. The first-order valence-electron chi connectivity index (χ1n) is 5.78. The van der Waals surface area contributed by atoms with Crippen LogP contribution < -0.4 is 5.73 Å². The molecule has 0 saturated carbocycles. The Bertz CT molecular complexity index is 373. The molecule has 0 aliphatic heterocycles. The largest absolute Gasteiger partial charge is 0.320 e. The Morgan fingerprint density at radius 1 is 1.41 bits per heavy atom. The van der Waals surface area contributed by atoms with Gasteiger partial charge in [-0.05, 0) is 25.6 Å². The first-order valence-corrected chi connectivity index (χ1v) is 5.78. The van der Waals surface area contributed by atoms with Crippen LogP contribution in [0, 0.1) is 0 Å². The molecule has 3 nitrogen and oxygen atoms in total. The van der Waals surface area contributed by atoms with Crippen LogP contribution in [0.25, 0.3) is 0 Å². The summed E-state index contributed by atoms with van der Waals surface area (Å²) >= 11 is 0. The molecule has 1 aromatic rings. The number of nitrogens with two attached hydrogens (primary N) is 1. The van der Waals surface area contributed by atoms with E-state index < -0.39 is 6.04 Å². The molecule has 3 heteroatoms. The van der Waals surface area contributed by atoms with Crippen LogP contribution in [0.2, 0.25) is 0 Å². The van der Waals surface area contributed by atoms with Crippen LogP contribution in [0.3, 0.4) is 0 Å². The second kappa shape index (κ2) is 6.99. The summed E-state index contributed by atoms with van der Waals surface area (Å²) in [6, 6.07) is 9.69. The maximum absolute atomic E-state index is 11.5. The zero-order valence-corrected chi connectivity index (χ0v) is 10.5. The van der Waals surface area contributed by atoms with Crippen molar-refractivity contribution in [2.45, 2.75) is 19.5 Å². The third kappa shape index (κ3) is 4.93. The van der Waals surface area contributed by atoms with E-state index in [1.165, 1.54) is 11.6 Å². The minimum atomic E-state index is -0.445. The van der Waals surface area contributed by atoms with Crippen molar-refractivity contribution in [2.75, 3.05) is 13.6 Å². The van der Waals surface area contributed by atoms with Gasteiger partial charge in [0.15, 0.2) is 5.78 Å². The third-order valence-corrected chi connectivity index (χ3v) is 2.50. The van der Waals surface area contributed by atoms with Gasteiger partial charge in [0, 0.05) is 13.1 Å². The molecule has 1 atom stereocenters. The average Bonchev–Trinajstić information content (AvgIpc) is 2.30. The number of nitrogens with zero attached hydrogens (tertiary/aromatic N) is 1. The Labute approximate surface area is 103 Å². The van der Waals surface area contributed by atoms with E-state index in [1.807, 2.05) is 32.2 Å². The molecule has 1 unspecified atom stereocenters. The molecule has 0 aliphatic rings. The predicted molar refractivity (Wildman–Crippen MR) is 70.6 cm³/mol. The number of allylic oxidation sites excluding steroid dienone is 1. The van der Waals surface area contributed by atoms with Crippen molar-refractivity contribution < 1.29 is 4.79 Å². The van der Waals surface area contributed by atoms with E-state index in [0.29, 0.717) is 6.54 Å². The number of likely N-dealkylation sites (N-methyl/N-ethyl adjacent to an activating group) is 1. The van der Waals surface area contributed by atoms with E-state index in [4.69, 9.17) is 5.73 Å². The van der Waals surface area contributed by atoms with Gasteiger partial charge in [-0.3, -0.25) is 4.79 Å². The minimum absolute atomic E-state index is 0.0209. The standard InChI is InChI=1S/C14H20N2O/c1-3-7-14(17)13(15)11-16(2)10-12-8-5-4-6-9-12/h3-9,13H,10-11,15H2,1-2H3/b7-3+. The number of ketones is 1. The fraction of sp³-hybridized carbons (Fsp3) is 0.357. The third-order valence-electron chi connectivity index (χ3n) is 2.50. The summed E-state index contributed by atoms with van der Waals surface area (Å²) in [6.45, 7) is 3.19. The molecule has 0 aromatic heterocycles. The van der Waals surface area contributed by atoms with Gasteiger partial charge in [0.1, 0.15) is 0 Å². The second-order valence-electron chi connectivity index (χ2n) is 4.19. The van der Waals surface area contributed by atoms with Gasteiger partial charge < -0.3 is 10.6 Å². The van der Waals surface area contributed by atoms with Crippen molar-refractivity contribution in [3.63, 3.8) is 0 Å². The van der Waals surface area contributed by atoms with Gasteiger partial charge in [-0.15, -0.1) is 0 Å². The van der Waals surface area contributed by atoms with Crippen LogP contribution >= 0.6 is 0 Å². The molecule has 0 spiro atoms. The Kier molecular flexibility index (Phi) is 5.60. The molecule has 0 heterocycles. The fourth-order valence-corrected chi connectivity index (χ4v) is 1.67. The SMILES string of the molecule is C/C=C/C(=O)C(N)CN(C)Cc1ccccc1. The molecule has 0 fully saturated rings. The Morgan fingerprint density at radius 3 is 2.65 bits per heavy atom. The zero-order valence-electron chi connectivity index (χ0n) is 10.5. The van der Waals surface area contributed by atoms with Crippen molar-refractivity contribution in [3.8, 4) is 0 Å². The highest BCUT2D eigenvalue weighted by Gasteiger charge is 2.12. The molecule has 1 rings (SSSR count). The lowest BCUT2D eigenvalue weighted by atomic mass is 10.1. The van der Waals surface area contributed by atoms with Gasteiger partial charge in [-0.2, -0.15) is 0 Å². The Morgan fingerprint density at radius 2 is 2.06 bits per heavy atom. The normalized spacial score (nSPS) is 13.2. The van der Waals surface area contributed by atoms with Crippen molar-refractivity contribution >= 4 is 5.78 Å². The van der Waals surface area contributed by atoms with Gasteiger partial charge in [-0.25, -0.2) is 0 Å². The highest BCUT2D eigenvalue weighted by atomic mass is 16.1. The number of rotatable bonds is 6. The smallest absolute Gasteiger partial charge is 0.173 e. The summed E-state index contributed by atoms with van der Waals surface area (Å²) in [4.78, 5) is 13.5. The number of carbonyl (C=O) groups is 1. The van der Waals surface area contributed by atoms with Gasteiger partial charge in [0.25, 0.3) is 0 Å². The zero-order chi connectivity index (χ0) is 12.7. The van der Waals surface area contributed by atoms with Crippen LogP contribution in [0.5, 0.6) is 0 Å². The van der Waals surface area contributed by atoms with Crippen LogP contribution in [0.4, 0.5) is 0 Å². The number of carbonyl (C=O) groups excluding carboxylic acids is 1. The van der Waals surface area contributed by atoms with Crippen molar-refractivity contribution in [3.05, 3.63) is 48.0 Å². The fourth-order valence-electron chi connectivity index (χ4n) is 1.67. The average molecular weight is 232 g/mol. The van der Waals surface area contributed by atoms with Crippen molar-refractivity contribution in [1.29, 1.82) is 0 Å². The van der Waals surface area contributed by atoms with Crippen molar-refractivity contribution in [1.82, 2.24) is 4.90 Å². The lowest BCUT2D eigenvalue weighted by Gasteiger charge is -2.19. The quantitative estimate of drug-likeness (QED) is 0.758. The minimum Gasteiger partial charge on any atom is -0.320 e. The molecule has 0 radical (unpaired) electrons. The molecule has 0 aliphatic carbocycles. The Hall–Kier alpha value is -1.45. The highest BCUT2D eigenvalue weighted by molar-refractivity contribution is 5.94. The van der Waals surface area contributed by atoms with E-state index in [0.717, 1.165) is 6.54 Å². The Balaban J connectivity index is 2.44. The molecule has 0 amide bonds. The highest BCUT2D eigenvalue weighted by Crippen LogP contribution is 2.03. The van der Waals surface area contributed by atoms with Gasteiger partial charge in [0.2, 0.25) is 0 Å².